The Morgan fingerprint density at radius 2 is 2.08 bits per heavy atom. The minimum absolute atomic E-state index is 0. The molecule has 142 valence electrons. The van der Waals surface area contributed by atoms with Crippen LogP contribution in [0.5, 0.6) is 11.5 Å². The van der Waals surface area contributed by atoms with E-state index in [9.17, 15) is 8.42 Å². The molecule has 2 aliphatic rings. The average molecular weight is 401 g/mol. The van der Waals surface area contributed by atoms with Gasteiger partial charge in [-0.3, -0.25) is 0 Å². The maximum atomic E-state index is 13.4. The van der Waals surface area contributed by atoms with Gasteiger partial charge in [0.2, 0.25) is 10.0 Å². The molecule has 0 bridgehead atoms. The van der Waals surface area contributed by atoms with Gasteiger partial charge in [-0.2, -0.15) is 4.31 Å². The van der Waals surface area contributed by atoms with Crippen molar-refractivity contribution in [2.24, 2.45) is 7.05 Å². The molecule has 1 atom stereocenters. The molecule has 0 aliphatic carbocycles. The zero-order valence-corrected chi connectivity index (χ0v) is 15.9. The molecule has 4 rings (SSSR count). The van der Waals surface area contributed by atoms with Crippen LogP contribution in [0.25, 0.3) is 0 Å². The van der Waals surface area contributed by atoms with Gasteiger partial charge in [0.15, 0.2) is 11.5 Å². The Morgan fingerprint density at radius 1 is 1.27 bits per heavy atom. The number of rotatable bonds is 3. The summed E-state index contributed by atoms with van der Waals surface area (Å²) in [7, 11) is -1.90. The molecule has 1 fully saturated rings. The van der Waals surface area contributed by atoms with Gasteiger partial charge in [0.1, 0.15) is 23.9 Å². The number of hydrogen-bond acceptors (Lipinski definition) is 6. The highest BCUT2D eigenvalue weighted by atomic mass is 35.5. The van der Waals surface area contributed by atoms with E-state index in [1.165, 1.54) is 4.31 Å². The quantitative estimate of drug-likeness (QED) is 0.825. The lowest BCUT2D eigenvalue weighted by Gasteiger charge is -2.35. The van der Waals surface area contributed by atoms with Crippen molar-refractivity contribution in [1.29, 1.82) is 0 Å². The van der Waals surface area contributed by atoms with Crippen LogP contribution < -0.4 is 14.8 Å². The Labute approximate surface area is 158 Å². The normalized spacial score (nSPS) is 20.4. The Kier molecular flexibility index (Phi) is 5.42. The van der Waals surface area contributed by atoms with Crippen LogP contribution in [-0.2, 0) is 17.1 Å². The Morgan fingerprint density at radius 3 is 2.85 bits per heavy atom. The first-order valence-corrected chi connectivity index (χ1v) is 9.61. The summed E-state index contributed by atoms with van der Waals surface area (Å²) >= 11 is 0. The zero-order valence-electron chi connectivity index (χ0n) is 14.3. The van der Waals surface area contributed by atoms with Crippen LogP contribution in [0.4, 0.5) is 0 Å². The van der Waals surface area contributed by atoms with E-state index in [4.69, 9.17) is 9.47 Å². The number of aromatic nitrogens is 2. The van der Waals surface area contributed by atoms with Crippen LogP contribution in [0.1, 0.15) is 11.9 Å². The van der Waals surface area contributed by atoms with Gasteiger partial charge in [0, 0.05) is 39.1 Å². The smallest absolute Gasteiger partial charge is 0.247 e. The number of para-hydroxylation sites is 1. The van der Waals surface area contributed by atoms with E-state index < -0.39 is 10.0 Å². The number of imidazole rings is 1. The molecule has 3 heterocycles. The second kappa shape index (κ2) is 7.43. The molecule has 2 aromatic rings. The predicted molar refractivity (Wildman–Crippen MR) is 97.4 cm³/mol. The largest absolute Gasteiger partial charge is 0.486 e. The van der Waals surface area contributed by atoms with Crippen LogP contribution >= 0.6 is 12.4 Å². The van der Waals surface area contributed by atoms with Gasteiger partial charge in [0.05, 0.1) is 6.04 Å². The van der Waals surface area contributed by atoms with Gasteiger partial charge in [-0.05, 0) is 12.1 Å². The molecule has 10 heteroatoms. The third-order valence-corrected chi connectivity index (χ3v) is 6.40. The zero-order chi connectivity index (χ0) is 17.4. The molecule has 1 aromatic heterocycles. The monoisotopic (exact) mass is 400 g/mol. The Hall–Kier alpha value is -1.81. The van der Waals surface area contributed by atoms with Gasteiger partial charge in [-0.15, -0.1) is 12.4 Å². The fourth-order valence-electron chi connectivity index (χ4n) is 3.27. The summed E-state index contributed by atoms with van der Waals surface area (Å²) in [5.41, 5.74) is 0. The third kappa shape index (κ3) is 3.16. The summed E-state index contributed by atoms with van der Waals surface area (Å²) in [5.74, 6) is 1.47. The van der Waals surface area contributed by atoms with Crippen LogP contribution in [-0.4, -0.2) is 55.1 Å². The van der Waals surface area contributed by atoms with E-state index in [0.29, 0.717) is 50.2 Å². The van der Waals surface area contributed by atoms with Gasteiger partial charge < -0.3 is 19.4 Å². The lowest BCUT2D eigenvalue weighted by atomic mass is 10.2. The molecule has 1 saturated heterocycles. The second-order valence-corrected chi connectivity index (χ2v) is 7.87. The first-order valence-electron chi connectivity index (χ1n) is 8.17. The molecular formula is C16H21ClN4O4S. The number of nitrogens with zero attached hydrogens (tertiary/aromatic N) is 3. The number of hydrogen-bond donors (Lipinski definition) is 1. The highest BCUT2D eigenvalue weighted by molar-refractivity contribution is 7.89. The number of ether oxygens (including phenoxy) is 2. The SMILES string of the molecule is Cl.Cn1ccnc1C1CNCCN1S(=O)(=O)c1cccc2c1OCCO2. The van der Waals surface area contributed by atoms with Crippen LogP contribution in [0.2, 0.25) is 0 Å². The lowest BCUT2D eigenvalue weighted by molar-refractivity contribution is 0.166. The molecule has 8 nitrogen and oxygen atoms in total. The summed E-state index contributed by atoms with van der Waals surface area (Å²) in [6.45, 7) is 2.22. The van der Waals surface area contributed by atoms with E-state index in [-0.39, 0.29) is 23.3 Å². The fraction of sp³-hybridized carbons (Fsp3) is 0.438. The highest BCUT2D eigenvalue weighted by Gasteiger charge is 2.38. The van der Waals surface area contributed by atoms with Gasteiger partial charge in [-0.25, -0.2) is 13.4 Å². The summed E-state index contributed by atoms with van der Waals surface area (Å²) < 4.78 is 41.3. The third-order valence-electron chi connectivity index (χ3n) is 4.47. The van der Waals surface area contributed by atoms with E-state index in [1.54, 1.807) is 24.4 Å². The van der Waals surface area contributed by atoms with Crippen molar-refractivity contribution in [3.63, 3.8) is 0 Å². The topological polar surface area (TPSA) is 85.7 Å². The number of halogens is 1. The maximum absolute atomic E-state index is 13.4. The molecule has 1 aromatic carbocycles. The average Bonchev–Trinajstić information content (AvgIpc) is 3.07. The minimum atomic E-state index is -3.76. The molecular weight excluding hydrogens is 380 g/mol. The van der Waals surface area contributed by atoms with Crippen molar-refractivity contribution in [3.8, 4) is 11.5 Å². The first kappa shape index (κ1) is 19.0. The highest BCUT2D eigenvalue weighted by Crippen LogP contribution is 2.39. The summed E-state index contributed by atoms with van der Waals surface area (Å²) in [6, 6.07) is 4.60. The van der Waals surface area contributed by atoms with Crippen molar-refractivity contribution in [1.82, 2.24) is 19.2 Å². The Bertz CT molecular complexity index is 886. The summed E-state index contributed by atoms with van der Waals surface area (Å²) in [6.07, 6.45) is 3.49. The molecule has 2 aliphatic heterocycles. The second-order valence-electron chi connectivity index (χ2n) is 6.01. The van der Waals surface area contributed by atoms with Crippen molar-refractivity contribution in [2.45, 2.75) is 10.9 Å². The molecule has 1 unspecified atom stereocenters. The molecule has 1 N–H and O–H groups in total. The van der Waals surface area contributed by atoms with Crippen molar-refractivity contribution in [2.75, 3.05) is 32.8 Å². The molecule has 0 saturated carbocycles. The molecule has 0 radical (unpaired) electrons. The minimum Gasteiger partial charge on any atom is -0.486 e. The number of benzene rings is 1. The van der Waals surface area contributed by atoms with Gasteiger partial charge in [-0.1, -0.05) is 6.07 Å². The van der Waals surface area contributed by atoms with Crippen molar-refractivity contribution < 1.29 is 17.9 Å². The van der Waals surface area contributed by atoms with E-state index >= 15 is 0 Å². The van der Waals surface area contributed by atoms with Crippen LogP contribution in [0.15, 0.2) is 35.5 Å². The van der Waals surface area contributed by atoms with Crippen LogP contribution in [0, 0.1) is 0 Å². The summed E-state index contributed by atoms with van der Waals surface area (Å²) in [4.78, 5) is 4.49. The van der Waals surface area contributed by atoms with E-state index in [1.807, 2.05) is 17.8 Å². The lowest BCUT2D eigenvalue weighted by Crippen LogP contribution is -2.49. The van der Waals surface area contributed by atoms with Gasteiger partial charge >= 0.3 is 0 Å². The molecule has 0 spiro atoms. The standard InChI is InChI=1S/C16H20N4O4S.ClH/c1-19-7-6-18-16(19)12-11-17-5-8-20(12)25(21,22)14-4-2-3-13-15(14)24-10-9-23-13;/h2-4,6-7,12,17H,5,8-11H2,1H3;1H. The number of sulfonamides is 1. The predicted octanol–water partition coefficient (Wildman–Crippen LogP) is 0.948. The van der Waals surface area contributed by atoms with E-state index in [0.717, 1.165) is 0 Å². The van der Waals surface area contributed by atoms with Crippen molar-refractivity contribution in [3.05, 3.63) is 36.4 Å². The van der Waals surface area contributed by atoms with E-state index in [2.05, 4.69) is 10.3 Å². The fourth-order valence-corrected chi connectivity index (χ4v) is 5.00. The summed E-state index contributed by atoms with van der Waals surface area (Å²) in [5, 5.41) is 3.25. The number of aryl methyl sites for hydroxylation is 1. The van der Waals surface area contributed by atoms with Crippen molar-refractivity contribution >= 4 is 22.4 Å². The number of fused-ring (bicyclic) bond motifs is 1. The van der Waals surface area contributed by atoms with Gasteiger partial charge in [0.25, 0.3) is 0 Å². The number of nitrogens with one attached hydrogen (secondary N) is 1. The molecule has 26 heavy (non-hydrogen) atoms. The number of piperazine rings is 1. The first-order chi connectivity index (χ1) is 12.1. The molecule has 0 amide bonds. The van der Waals surface area contributed by atoms with Crippen LogP contribution in [0.3, 0.4) is 0 Å². The maximum Gasteiger partial charge on any atom is 0.247 e. The Balaban J connectivity index is 0.00000196.